The van der Waals surface area contributed by atoms with Crippen molar-refractivity contribution < 1.29 is 19.2 Å². The van der Waals surface area contributed by atoms with Gasteiger partial charge in [-0.15, -0.1) is 0 Å². The number of rotatable bonds is 5. The van der Waals surface area contributed by atoms with Crippen LogP contribution in [0.5, 0.6) is 11.5 Å². The number of esters is 1. The maximum absolute atomic E-state index is 12.1. The first-order valence-electron chi connectivity index (χ1n) is 7.32. The van der Waals surface area contributed by atoms with Gasteiger partial charge < -0.3 is 9.47 Å². The first kappa shape index (κ1) is 19.0. The highest BCUT2D eigenvalue weighted by Gasteiger charge is 2.23. The van der Waals surface area contributed by atoms with E-state index in [4.69, 9.17) is 32.7 Å². The molecule has 25 heavy (non-hydrogen) atoms. The molecule has 0 atom stereocenters. The van der Waals surface area contributed by atoms with Crippen molar-refractivity contribution in [3.05, 3.63) is 61.6 Å². The fourth-order valence-corrected chi connectivity index (χ4v) is 2.75. The molecule has 0 aliphatic heterocycles. The Hall–Kier alpha value is -2.31. The smallest absolute Gasteiger partial charge is 0.345 e. The Morgan fingerprint density at radius 1 is 1.20 bits per heavy atom. The average Bonchev–Trinajstić information content (AvgIpc) is 2.49. The first-order chi connectivity index (χ1) is 11.7. The van der Waals surface area contributed by atoms with Crippen LogP contribution in [0.4, 0.5) is 5.69 Å². The van der Waals surface area contributed by atoms with Crippen LogP contribution in [0.1, 0.15) is 29.8 Å². The van der Waals surface area contributed by atoms with Gasteiger partial charge in [-0.05, 0) is 44.5 Å². The number of benzene rings is 2. The molecule has 0 heterocycles. The molecule has 2 aromatic carbocycles. The van der Waals surface area contributed by atoms with Gasteiger partial charge in [-0.2, -0.15) is 0 Å². The molecular weight excluding hydrogens is 369 g/mol. The molecule has 0 saturated carbocycles. The van der Waals surface area contributed by atoms with Crippen LogP contribution in [0.25, 0.3) is 0 Å². The van der Waals surface area contributed by atoms with Crippen molar-refractivity contribution in [3.8, 4) is 11.5 Å². The van der Waals surface area contributed by atoms with Gasteiger partial charge in [0.2, 0.25) is 0 Å². The van der Waals surface area contributed by atoms with E-state index in [1.165, 1.54) is 24.3 Å². The minimum absolute atomic E-state index is 0.195. The molecule has 8 heteroatoms. The Labute approximate surface area is 154 Å². The van der Waals surface area contributed by atoms with Crippen LogP contribution in [-0.2, 0) is 4.74 Å². The average molecular weight is 384 g/mol. The van der Waals surface area contributed by atoms with E-state index in [0.29, 0.717) is 16.3 Å². The van der Waals surface area contributed by atoms with E-state index in [2.05, 4.69) is 0 Å². The predicted octanol–water partition coefficient (Wildman–Crippen LogP) is 5.57. The van der Waals surface area contributed by atoms with Gasteiger partial charge in [0, 0.05) is 17.2 Å². The lowest BCUT2D eigenvalue weighted by atomic mass is 10.1. The third-order valence-electron chi connectivity index (χ3n) is 3.14. The highest BCUT2D eigenvalue weighted by atomic mass is 35.5. The molecule has 0 fully saturated rings. The summed E-state index contributed by atoms with van der Waals surface area (Å²) in [7, 11) is 0. The minimum Gasteiger partial charge on any atom is -0.459 e. The molecule has 0 amide bonds. The molecule has 2 rings (SSSR count). The van der Waals surface area contributed by atoms with E-state index >= 15 is 0 Å². The number of hydrogen-bond acceptors (Lipinski definition) is 5. The lowest BCUT2D eigenvalue weighted by Gasteiger charge is -2.13. The van der Waals surface area contributed by atoms with Gasteiger partial charge in [-0.1, -0.05) is 23.2 Å². The zero-order chi connectivity index (χ0) is 18.7. The number of nitrogens with zero attached hydrogens (tertiary/aromatic N) is 1. The molecule has 6 nitrogen and oxygen atoms in total. The fourth-order valence-electron chi connectivity index (χ4n) is 2.12. The molecule has 0 aromatic heterocycles. The number of nitro groups is 1. The predicted molar refractivity (Wildman–Crippen MR) is 94.9 cm³/mol. The number of nitro benzene ring substituents is 1. The fraction of sp³-hybridized carbons (Fsp3) is 0.235. The van der Waals surface area contributed by atoms with Gasteiger partial charge in [0.25, 0.3) is 5.69 Å². The molecule has 0 radical (unpaired) electrons. The van der Waals surface area contributed by atoms with Gasteiger partial charge >= 0.3 is 5.97 Å². The second kappa shape index (κ2) is 7.72. The molecule has 132 valence electrons. The lowest BCUT2D eigenvalue weighted by molar-refractivity contribution is -0.385. The van der Waals surface area contributed by atoms with Crippen LogP contribution in [0, 0.1) is 17.0 Å². The van der Waals surface area contributed by atoms with E-state index in [9.17, 15) is 14.9 Å². The van der Waals surface area contributed by atoms with Crippen molar-refractivity contribution >= 4 is 34.9 Å². The van der Waals surface area contributed by atoms with Gasteiger partial charge in [0.1, 0.15) is 17.1 Å². The number of hydrogen-bond donors (Lipinski definition) is 0. The molecule has 0 aliphatic carbocycles. The maximum Gasteiger partial charge on any atom is 0.345 e. The summed E-state index contributed by atoms with van der Waals surface area (Å²) in [6.07, 6.45) is -0.412. The monoisotopic (exact) mass is 383 g/mol. The van der Waals surface area contributed by atoms with Crippen LogP contribution >= 0.6 is 23.2 Å². The van der Waals surface area contributed by atoms with Crippen LogP contribution in [0.2, 0.25) is 10.0 Å². The SMILES string of the molecule is Cc1cc(Cl)cc(Cl)c1Oc1ccc([N+](=O)[O-])c(C(=O)OC(C)C)c1. The zero-order valence-electron chi connectivity index (χ0n) is 13.7. The number of halogens is 2. The van der Waals surface area contributed by atoms with Crippen LogP contribution in [-0.4, -0.2) is 17.0 Å². The molecule has 0 saturated heterocycles. The maximum atomic E-state index is 12.1. The van der Waals surface area contributed by atoms with Crippen LogP contribution < -0.4 is 4.74 Å². The number of aryl methyl sites for hydroxylation is 1. The lowest BCUT2D eigenvalue weighted by Crippen LogP contribution is -2.13. The van der Waals surface area contributed by atoms with E-state index in [0.717, 1.165) is 0 Å². The summed E-state index contributed by atoms with van der Waals surface area (Å²) in [6, 6.07) is 7.01. The van der Waals surface area contributed by atoms with Crippen molar-refractivity contribution in [1.82, 2.24) is 0 Å². The summed E-state index contributed by atoms with van der Waals surface area (Å²) in [5, 5.41) is 11.9. The normalized spacial score (nSPS) is 10.6. The van der Waals surface area contributed by atoms with Crippen molar-refractivity contribution in [2.75, 3.05) is 0 Å². The van der Waals surface area contributed by atoms with Crippen LogP contribution in [0.3, 0.4) is 0 Å². The standard InChI is InChI=1S/C17H15Cl2NO5/c1-9(2)24-17(21)13-8-12(4-5-15(13)20(22)23)25-16-10(3)6-11(18)7-14(16)19/h4-9H,1-3H3. The van der Waals surface area contributed by atoms with Gasteiger partial charge in [-0.3, -0.25) is 10.1 Å². The highest BCUT2D eigenvalue weighted by Crippen LogP contribution is 2.36. The minimum atomic E-state index is -0.800. The largest absolute Gasteiger partial charge is 0.459 e. The van der Waals surface area contributed by atoms with Crippen molar-refractivity contribution in [1.29, 1.82) is 0 Å². The number of carbonyl (C=O) groups is 1. The molecule has 0 unspecified atom stereocenters. The Morgan fingerprint density at radius 3 is 2.44 bits per heavy atom. The number of carbonyl (C=O) groups excluding carboxylic acids is 1. The third kappa shape index (κ3) is 4.61. The molecular formula is C17H15Cl2NO5. The summed E-state index contributed by atoms with van der Waals surface area (Å²) >= 11 is 12.0. The molecule has 2 aromatic rings. The second-order valence-electron chi connectivity index (χ2n) is 5.53. The summed E-state index contributed by atoms with van der Waals surface area (Å²) in [6.45, 7) is 5.06. The molecule has 0 aliphatic rings. The topological polar surface area (TPSA) is 78.7 Å². The quantitative estimate of drug-likeness (QED) is 0.383. The van der Waals surface area contributed by atoms with Gasteiger partial charge in [0.05, 0.1) is 16.0 Å². The Bertz CT molecular complexity index is 813. The van der Waals surface area contributed by atoms with E-state index in [1.807, 2.05) is 0 Å². The van der Waals surface area contributed by atoms with E-state index in [1.54, 1.807) is 26.8 Å². The van der Waals surface area contributed by atoms with Crippen molar-refractivity contribution in [2.45, 2.75) is 26.9 Å². The summed E-state index contributed by atoms with van der Waals surface area (Å²) in [4.78, 5) is 22.6. The Morgan fingerprint density at radius 2 is 1.88 bits per heavy atom. The van der Waals surface area contributed by atoms with E-state index < -0.39 is 17.0 Å². The second-order valence-corrected chi connectivity index (χ2v) is 6.37. The van der Waals surface area contributed by atoms with Crippen LogP contribution in [0.15, 0.2) is 30.3 Å². The summed E-state index contributed by atoms with van der Waals surface area (Å²) < 4.78 is 10.8. The highest BCUT2D eigenvalue weighted by molar-refractivity contribution is 6.35. The number of ether oxygens (including phenoxy) is 2. The van der Waals surface area contributed by atoms with Crippen molar-refractivity contribution in [3.63, 3.8) is 0 Å². The summed E-state index contributed by atoms with van der Waals surface area (Å²) in [5.74, 6) is -0.234. The molecule has 0 spiro atoms. The Balaban J connectivity index is 2.44. The first-order valence-corrected chi connectivity index (χ1v) is 8.07. The third-order valence-corrected chi connectivity index (χ3v) is 3.64. The van der Waals surface area contributed by atoms with Crippen molar-refractivity contribution in [2.24, 2.45) is 0 Å². The summed E-state index contributed by atoms with van der Waals surface area (Å²) in [5.41, 5.74) is 0.123. The molecule has 0 bridgehead atoms. The Kier molecular flexibility index (Phi) is 5.87. The molecule has 0 N–H and O–H groups in total. The van der Waals surface area contributed by atoms with Gasteiger partial charge in [0.15, 0.2) is 0 Å². The van der Waals surface area contributed by atoms with Gasteiger partial charge in [-0.25, -0.2) is 4.79 Å². The van der Waals surface area contributed by atoms with E-state index in [-0.39, 0.29) is 22.0 Å². The zero-order valence-corrected chi connectivity index (χ0v) is 15.2.